The van der Waals surface area contributed by atoms with Gasteiger partial charge < -0.3 is 33.6 Å². The molecule has 8 atom stereocenters. The topological polar surface area (TPSA) is 121 Å². The number of esters is 1. The van der Waals surface area contributed by atoms with Gasteiger partial charge in [0.15, 0.2) is 0 Å². The van der Waals surface area contributed by atoms with E-state index in [1.165, 1.54) is 12.5 Å². The van der Waals surface area contributed by atoms with E-state index in [4.69, 9.17) is 28.5 Å². The molecule has 9 nitrogen and oxygen atoms in total. The highest BCUT2D eigenvalue weighted by Crippen LogP contribution is 2.68. The number of fused-ring (bicyclic) bond motifs is 4. The second kappa shape index (κ2) is 9.27. The maximum absolute atomic E-state index is 12.4. The Bertz CT molecular complexity index is 1570. The Labute approximate surface area is 257 Å². The first-order valence-corrected chi connectivity index (χ1v) is 15.9. The number of para-hydroxylation sites is 2. The van der Waals surface area contributed by atoms with Crippen molar-refractivity contribution in [2.45, 2.75) is 101 Å². The van der Waals surface area contributed by atoms with Crippen molar-refractivity contribution in [1.82, 2.24) is 0 Å². The van der Waals surface area contributed by atoms with Gasteiger partial charge in [0.2, 0.25) is 5.79 Å². The lowest BCUT2D eigenvalue weighted by atomic mass is 9.43. The average Bonchev–Trinajstić information content (AvgIpc) is 3.87. The van der Waals surface area contributed by atoms with Crippen LogP contribution in [-0.2, 0) is 14.0 Å². The van der Waals surface area contributed by atoms with Gasteiger partial charge in [0.1, 0.15) is 17.1 Å². The maximum Gasteiger partial charge on any atom is 0.526 e. The third kappa shape index (κ3) is 4.18. The fourth-order valence-corrected chi connectivity index (χ4v) is 8.86. The third-order valence-corrected chi connectivity index (χ3v) is 11.6. The zero-order valence-corrected chi connectivity index (χ0v) is 25.7. The molecule has 3 heterocycles. The van der Waals surface area contributed by atoms with Crippen LogP contribution >= 0.6 is 0 Å². The molecule has 1 saturated heterocycles. The average molecular weight is 600 g/mol. The fourth-order valence-electron chi connectivity index (χ4n) is 8.86. The van der Waals surface area contributed by atoms with E-state index in [0.29, 0.717) is 40.1 Å². The quantitative estimate of drug-likeness (QED) is 0.339. The van der Waals surface area contributed by atoms with E-state index in [1.807, 2.05) is 12.1 Å². The van der Waals surface area contributed by atoms with E-state index in [-0.39, 0.29) is 42.1 Å². The predicted octanol–water partition coefficient (Wildman–Crippen LogP) is 5.67. The number of carboxylic acids is 1. The second-order valence-electron chi connectivity index (χ2n) is 15.0. The Kier molecular flexibility index (Phi) is 6.00. The standard InChI is InChI=1S/C23H29BO5.C10H9BO4/c1-21(2)12-9-17(21)23(5)18(10-12)28-24(29-23)16-11-15(16)13-7-6-8-14-19(13)26-22(3,4)27-20(14)25;12-10(13)6-3-1-2-5-7-4-8(7)11(14)15-9(5)6/h6-8,12,15-18H,9-11H2,1-5H3;1-3,7-8,14H,4H2,(H,12,13)/t12?,15?,16?,17?,18?,23-;/m0./s1. The summed E-state index contributed by atoms with van der Waals surface area (Å²) >= 11 is 0. The van der Waals surface area contributed by atoms with Crippen molar-refractivity contribution in [3.05, 3.63) is 58.7 Å². The number of carbonyl (C=O) groups is 2. The number of aromatic carboxylic acids is 1. The maximum atomic E-state index is 12.4. The molecule has 7 unspecified atom stereocenters. The molecule has 5 saturated carbocycles. The Hall–Kier alpha value is -3.01. The monoisotopic (exact) mass is 600 g/mol. The minimum atomic E-state index is -1.02. The van der Waals surface area contributed by atoms with Gasteiger partial charge in [0, 0.05) is 25.5 Å². The SMILES string of the molecule is CC1(C)OC(=O)c2cccc(C3CC3B3OC4CC5CC(C5(C)C)[C@]4(C)O3)c2O1.O=C(O)c1cccc2c1OB(O)C1CC21. The summed E-state index contributed by atoms with van der Waals surface area (Å²) in [6.45, 7) is 10.6. The highest BCUT2D eigenvalue weighted by Gasteiger charge is 2.70. The molecular weight excluding hydrogens is 562 g/mol. The molecule has 8 aliphatic rings. The minimum absolute atomic E-state index is 0.136. The number of hydrogen-bond donors (Lipinski definition) is 2. The Morgan fingerprint density at radius 1 is 0.886 bits per heavy atom. The van der Waals surface area contributed by atoms with Gasteiger partial charge in [-0.25, -0.2) is 9.59 Å². The van der Waals surface area contributed by atoms with Gasteiger partial charge in [-0.05, 0) is 85.0 Å². The molecule has 2 bridgehead atoms. The number of cyclic esters (lactones) is 1. The summed E-state index contributed by atoms with van der Waals surface area (Å²) in [7, 11) is -1.01. The molecule has 0 aromatic heterocycles. The third-order valence-electron chi connectivity index (χ3n) is 11.6. The summed E-state index contributed by atoms with van der Waals surface area (Å²) in [5.74, 6) is 1.11. The molecule has 0 radical (unpaired) electrons. The summed E-state index contributed by atoms with van der Waals surface area (Å²) in [6, 6.07) is 10.9. The molecule has 230 valence electrons. The molecule has 5 aliphatic carbocycles. The van der Waals surface area contributed by atoms with Crippen molar-refractivity contribution in [3.63, 3.8) is 0 Å². The van der Waals surface area contributed by atoms with E-state index < -0.39 is 18.9 Å². The lowest BCUT2D eigenvalue weighted by Crippen LogP contribution is -2.65. The smallest absolute Gasteiger partial charge is 0.526 e. The van der Waals surface area contributed by atoms with Crippen molar-refractivity contribution < 1.29 is 43.2 Å². The van der Waals surface area contributed by atoms with Crippen LogP contribution in [0.4, 0.5) is 0 Å². The number of ether oxygens (including phenoxy) is 2. The number of benzene rings is 2. The van der Waals surface area contributed by atoms with Crippen LogP contribution in [0, 0.1) is 17.3 Å². The summed E-state index contributed by atoms with van der Waals surface area (Å²) in [4.78, 5) is 23.3. The molecule has 10 rings (SSSR count). The van der Waals surface area contributed by atoms with Gasteiger partial charge in [0.25, 0.3) is 0 Å². The van der Waals surface area contributed by atoms with Gasteiger partial charge in [-0.1, -0.05) is 38.1 Å². The predicted molar refractivity (Wildman–Crippen MR) is 161 cm³/mol. The van der Waals surface area contributed by atoms with Crippen molar-refractivity contribution >= 4 is 26.2 Å². The Balaban J connectivity index is 0.000000162. The molecule has 2 aromatic carbocycles. The van der Waals surface area contributed by atoms with Crippen molar-refractivity contribution in [2.24, 2.45) is 17.3 Å². The first-order valence-electron chi connectivity index (χ1n) is 15.9. The Morgan fingerprint density at radius 3 is 2.30 bits per heavy atom. The summed E-state index contributed by atoms with van der Waals surface area (Å²) in [6.07, 6.45) is 4.47. The van der Waals surface area contributed by atoms with E-state index in [9.17, 15) is 14.6 Å². The van der Waals surface area contributed by atoms with Gasteiger partial charge in [-0.15, -0.1) is 0 Å². The highest BCUT2D eigenvalue weighted by atomic mass is 16.7. The lowest BCUT2D eigenvalue weighted by molar-refractivity contribution is -0.199. The molecule has 44 heavy (non-hydrogen) atoms. The second-order valence-corrected chi connectivity index (χ2v) is 15.0. The molecule has 6 fully saturated rings. The zero-order valence-electron chi connectivity index (χ0n) is 25.7. The molecule has 0 spiro atoms. The normalized spacial score (nSPS) is 37.2. The van der Waals surface area contributed by atoms with Crippen LogP contribution in [0.15, 0.2) is 36.4 Å². The molecule has 3 aliphatic heterocycles. The van der Waals surface area contributed by atoms with Gasteiger partial charge in [-0.3, -0.25) is 0 Å². The van der Waals surface area contributed by atoms with E-state index in [1.54, 1.807) is 26.0 Å². The summed E-state index contributed by atoms with van der Waals surface area (Å²) in [5.41, 5.74) is 2.83. The van der Waals surface area contributed by atoms with E-state index in [0.717, 1.165) is 36.3 Å². The van der Waals surface area contributed by atoms with Crippen molar-refractivity contribution in [2.75, 3.05) is 0 Å². The van der Waals surface area contributed by atoms with Gasteiger partial charge >= 0.3 is 26.2 Å². The molecule has 2 N–H and O–H groups in total. The van der Waals surface area contributed by atoms with Crippen LogP contribution in [0.25, 0.3) is 0 Å². The summed E-state index contributed by atoms with van der Waals surface area (Å²) < 4.78 is 29.9. The van der Waals surface area contributed by atoms with E-state index in [2.05, 4.69) is 26.8 Å². The van der Waals surface area contributed by atoms with Crippen LogP contribution in [0.2, 0.25) is 11.6 Å². The fraction of sp³-hybridized carbons (Fsp3) is 0.576. The largest absolute Gasteiger partial charge is 0.535 e. The van der Waals surface area contributed by atoms with Crippen molar-refractivity contribution in [3.8, 4) is 11.5 Å². The first kappa shape index (κ1) is 28.5. The van der Waals surface area contributed by atoms with Crippen LogP contribution in [0.5, 0.6) is 11.5 Å². The highest BCUT2D eigenvalue weighted by molar-refractivity contribution is 6.49. The van der Waals surface area contributed by atoms with Crippen LogP contribution < -0.4 is 9.39 Å². The molecule has 0 amide bonds. The minimum Gasteiger partial charge on any atom is -0.535 e. The van der Waals surface area contributed by atoms with E-state index >= 15 is 0 Å². The molecular formula is C33H38B2O9. The van der Waals surface area contributed by atoms with Crippen LogP contribution in [0.1, 0.15) is 104 Å². The number of carboxylic acid groups (broad SMARTS) is 1. The lowest BCUT2D eigenvalue weighted by Gasteiger charge is -2.64. The zero-order chi connectivity index (χ0) is 30.9. The number of carbonyl (C=O) groups excluding carboxylic acids is 1. The van der Waals surface area contributed by atoms with Crippen LogP contribution in [-0.4, -0.2) is 53.8 Å². The van der Waals surface area contributed by atoms with Crippen LogP contribution in [0.3, 0.4) is 0 Å². The summed E-state index contributed by atoms with van der Waals surface area (Å²) in [5, 5.41) is 18.5. The van der Waals surface area contributed by atoms with Gasteiger partial charge in [-0.2, -0.15) is 0 Å². The Morgan fingerprint density at radius 2 is 1.57 bits per heavy atom. The first-order chi connectivity index (χ1) is 20.8. The van der Waals surface area contributed by atoms with Gasteiger partial charge in [0.05, 0.1) is 17.3 Å². The van der Waals surface area contributed by atoms with Crippen molar-refractivity contribution in [1.29, 1.82) is 0 Å². The number of hydrogen-bond acceptors (Lipinski definition) is 8. The molecule has 2 aromatic rings. The number of rotatable bonds is 3. The molecule has 11 heteroatoms.